The highest BCUT2D eigenvalue weighted by Gasteiger charge is 2.50. The van der Waals surface area contributed by atoms with Crippen LogP contribution in [0.3, 0.4) is 0 Å². The quantitative estimate of drug-likeness (QED) is 0.672. The zero-order chi connectivity index (χ0) is 23.9. The minimum absolute atomic E-state index is 0.172. The third kappa shape index (κ3) is 4.08. The van der Waals surface area contributed by atoms with Crippen LogP contribution in [0.15, 0.2) is 23.6 Å². The van der Waals surface area contributed by atoms with E-state index < -0.39 is 5.41 Å². The molecular weight excluding hydrogens is 482 g/mol. The number of halogens is 1. The molecule has 4 heterocycles. The maximum atomic E-state index is 13.3. The molecule has 5 rings (SSSR count). The highest BCUT2D eigenvalue weighted by Crippen LogP contribution is 2.47. The number of nitrogens with one attached hydrogen (secondary N) is 1. The van der Waals surface area contributed by atoms with E-state index in [0.717, 1.165) is 11.3 Å². The second kappa shape index (κ2) is 9.05. The Hall–Kier alpha value is -2.89. The number of hydrogen-bond donors (Lipinski definition) is 1. The van der Waals surface area contributed by atoms with Gasteiger partial charge in [-0.25, -0.2) is 14.6 Å². The van der Waals surface area contributed by atoms with Crippen LogP contribution in [0.1, 0.15) is 22.5 Å². The lowest BCUT2D eigenvalue weighted by Crippen LogP contribution is -2.41. The maximum Gasteiger partial charge on any atom is 0.409 e. The van der Waals surface area contributed by atoms with E-state index in [4.69, 9.17) is 21.1 Å². The van der Waals surface area contributed by atoms with Crippen LogP contribution in [-0.2, 0) is 14.9 Å². The van der Waals surface area contributed by atoms with Crippen molar-refractivity contribution in [2.24, 2.45) is 0 Å². The van der Waals surface area contributed by atoms with Crippen LogP contribution in [0, 0.1) is 0 Å². The first-order valence-corrected chi connectivity index (χ1v) is 12.2. The molecule has 3 aliphatic heterocycles. The molecule has 0 aliphatic carbocycles. The molecule has 1 unspecified atom stereocenters. The van der Waals surface area contributed by atoms with Gasteiger partial charge in [-0.2, -0.15) is 0 Å². The smallest absolute Gasteiger partial charge is 0.409 e. The lowest BCUT2D eigenvalue weighted by atomic mass is 9.81. The summed E-state index contributed by atoms with van der Waals surface area (Å²) in [5, 5.41) is 5.40. The summed E-state index contributed by atoms with van der Waals surface area (Å²) in [7, 11) is 1.36. The first-order valence-electron chi connectivity index (χ1n) is 10.9. The number of methoxy groups -OCH3 is 1. The van der Waals surface area contributed by atoms with Crippen molar-refractivity contribution in [1.82, 2.24) is 14.8 Å². The Labute approximate surface area is 205 Å². The van der Waals surface area contributed by atoms with E-state index in [9.17, 15) is 14.4 Å². The zero-order valence-electron chi connectivity index (χ0n) is 18.6. The number of ether oxygens (including phenoxy) is 2. The van der Waals surface area contributed by atoms with Crippen molar-refractivity contribution in [2.45, 2.75) is 11.8 Å². The fourth-order valence-electron chi connectivity index (χ4n) is 4.85. The molecule has 1 atom stereocenters. The molecule has 3 aliphatic rings. The predicted octanol–water partition coefficient (Wildman–Crippen LogP) is 3.03. The SMILES string of the molecule is COC(=O)N1CCC2(C1)CN(C(=O)Nc1nc(C(=O)N3CCOCC3)cs1)c1ccc(Cl)cc12. The Kier molecular flexibility index (Phi) is 6.09. The number of rotatable bonds is 2. The number of likely N-dealkylation sites (tertiary alicyclic amines) is 1. The molecule has 1 aromatic heterocycles. The molecule has 1 spiro atoms. The van der Waals surface area contributed by atoms with Crippen molar-refractivity contribution >= 4 is 51.8 Å². The van der Waals surface area contributed by atoms with Gasteiger partial charge < -0.3 is 19.3 Å². The molecule has 2 fully saturated rings. The molecule has 10 nitrogen and oxygen atoms in total. The molecule has 2 aromatic rings. The van der Waals surface area contributed by atoms with Crippen LogP contribution in [0.25, 0.3) is 0 Å². The lowest BCUT2D eigenvalue weighted by Gasteiger charge is -2.26. The van der Waals surface area contributed by atoms with Gasteiger partial charge in [-0.3, -0.25) is 15.0 Å². The molecular formula is C22H24ClN5O5S. The Bertz CT molecular complexity index is 1140. The number of thiazole rings is 1. The van der Waals surface area contributed by atoms with Crippen LogP contribution in [0.4, 0.5) is 20.4 Å². The number of morpholine rings is 1. The third-order valence-electron chi connectivity index (χ3n) is 6.55. The topological polar surface area (TPSA) is 104 Å². The van der Waals surface area contributed by atoms with Gasteiger partial charge in [0.25, 0.3) is 5.91 Å². The van der Waals surface area contributed by atoms with E-state index in [1.165, 1.54) is 18.4 Å². The van der Waals surface area contributed by atoms with Gasteiger partial charge in [0, 0.05) is 54.2 Å². The van der Waals surface area contributed by atoms with E-state index in [-0.39, 0.29) is 18.0 Å². The van der Waals surface area contributed by atoms with Gasteiger partial charge in [0.05, 0.1) is 20.3 Å². The number of urea groups is 1. The van der Waals surface area contributed by atoms with Crippen molar-refractivity contribution in [2.75, 3.05) is 63.3 Å². The second-order valence-electron chi connectivity index (χ2n) is 8.54. The monoisotopic (exact) mass is 505 g/mol. The van der Waals surface area contributed by atoms with Gasteiger partial charge >= 0.3 is 12.1 Å². The van der Waals surface area contributed by atoms with Gasteiger partial charge in [-0.05, 0) is 30.2 Å². The number of amides is 4. The average molecular weight is 506 g/mol. The molecule has 0 saturated carbocycles. The second-order valence-corrected chi connectivity index (χ2v) is 9.84. The van der Waals surface area contributed by atoms with E-state index >= 15 is 0 Å². The van der Waals surface area contributed by atoms with Gasteiger partial charge in [0.15, 0.2) is 5.13 Å². The van der Waals surface area contributed by atoms with E-state index in [1.807, 2.05) is 12.1 Å². The number of benzene rings is 1. The molecule has 180 valence electrons. The number of aromatic nitrogens is 1. The summed E-state index contributed by atoms with van der Waals surface area (Å²) in [6.07, 6.45) is 0.304. The standard InChI is InChI=1S/C22H24ClN5O5S/c1-32-21(31)27-5-4-22(12-27)13-28(17-3-2-14(23)10-15(17)22)20(30)25-19-24-16(11-34-19)18(29)26-6-8-33-9-7-26/h2-3,10-11H,4-9,12-13H2,1H3,(H,24,25,30). The highest BCUT2D eigenvalue weighted by molar-refractivity contribution is 7.14. The average Bonchev–Trinajstić information content (AvgIpc) is 3.57. The summed E-state index contributed by atoms with van der Waals surface area (Å²) in [4.78, 5) is 47.4. The molecule has 4 amide bonds. The highest BCUT2D eigenvalue weighted by atomic mass is 35.5. The summed E-state index contributed by atoms with van der Waals surface area (Å²) in [5.74, 6) is -0.172. The molecule has 0 radical (unpaired) electrons. The van der Waals surface area contributed by atoms with Crippen LogP contribution in [-0.4, -0.2) is 85.9 Å². The fourth-order valence-corrected chi connectivity index (χ4v) is 5.69. The summed E-state index contributed by atoms with van der Waals surface area (Å²) >= 11 is 7.49. The summed E-state index contributed by atoms with van der Waals surface area (Å²) < 4.78 is 10.2. The van der Waals surface area contributed by atoms with E-state index in [1.54, 1.807) is 26.1 Å². The Balaban J connectivity index is 1.34. The Morgan fingerprint density at radius 1 is 1.18 bits per heavy atom. The number of hydrogen-bond acceptors (Lipinski definition) is 7. The molecule has 12 heteroatoms. The first-order chi connectivity index (χ1) is 16.4. The van der Waals surface area contributed by atoms with Gasteiger partial charge in [-0.1, -0.05) is 11.6 Å². The summed E-state index contributed by atoms with van der Waals surface area (Å²) in [6.45, 7) is 3.43. The number of nitrogens with zero attached hydrogens (tertiary/aromatic N) is 4. The van der Waals surface area contributed by atoms with Crippen molar-refractivity contribution in [1.29, 1.82) is 0 Å². The number of carbonyl (C=O) groups is 3. The van der Waals surface area contributed by atoms with Crippen molar-refractivity contribution in [3.63, 3.8) is 0 Å². The number of fused-ring (bicyclic) bond motifs is 2. The Morgan fingerprint density at radius 3 is 2.74 bits per heavy atom. The molecule has 1 N–H and O–H groups in total. The van der Waals surface area contributed by atoms with Crippen LogP contribution < -0.4 is 10.2 Å². The molecule has 1 aromatic carbocycles. The normalized spacial score (nSPS) is 21.6. The Morgan fingerprint density at radius 2 is 1.97 bits per heavy atom. The molecule has 2 saturated heterocycles. The fraction of sp³-hybridized carbons (Fsp3) is 0.455. The van der Waals surface area contributed by atoms with Gasteiger partial charge in [0.1, 0.15) is 5.69 Å². The van der Waals surface area contributed by atoms with Crippen LogP contribution >= 0.6 is 22.9 Å². The molecule has 0 bridgehead atoms. The zero-order valence-corrected chi connectivity index (χ0v) is 20.2. The van der Waals surface area contributed by atoms with E-state index in [0.29, 0.717) is 68.2 Å². The first kappa shape index (κ1) is 22.9. The minimum Gasteiger partial charge on any atom is -0.453 e. The van der Waals surface area contributed by atoms with Crippen molar-refractivity contribution in [3.8, 4) is 0 Å². The summed E-state index contributed by atoms with van der Waals surface area (Å²) in [6, 6.07) is 5.08. The van der Waals surface area contributed by atoms with Crippen molar-refractivity contribution < 1.29 is 23.9 Å². The van der Waals surface area contributed by atoms with Crippen LogP contribution in [0.2, 0.25) is 5.02 Å². The van der Waals surface area contributed by atoms with Crippen LogP contribution in [0.5, 0.6) is 0 Å². The van der Waals surface area contributed by atoms with Gasteiger partial charge in [-0.15, -0.1) is 11.3 Å². The van der Waals surface area contributed by atoms with E-state index in [2.05, 4.69) is 10.3 Å². The third-order valence-corrected chi connectivity index (χ3v) is 7.54. The van der Waals surface area contributed by atoms with Crippen molar-refractivity contribution in [3.05, 3.63) is 39.9 Å². The molecule has 34 heavy (non-hydrogen) atoms. The number of anilines is 2. The lowest BCUT2D eigenvalue weighted by molar-refractivity contribution is 0.0299. The summed E-state index contributed by atoms with van der Waals surface area (Å²) in [5.41, 5.74) is 1.56. The largest absolute Gasteiger partial charge is 0.453 e. The maximum absolute atomic E-state index is 13.3. The predicted molar refractivity (Wildman–Crippen MR) is 127 cm³/mol. The number of carbonyl (C=O) groups excluding carboxylic acids is 3. The van der Waals surface area contributed by atoms with Gasteiger partial charge in [0.2, 0.25) is 0 Å². The minimum atomic E-state index is -0.425.